The summed E-state index contributed by atoms with van der Waals surface area (Å²) >= 11 is 6.55. The van der Waals surface area contributed by atoms with Crippen molar-refractivity contribution in [1.29, 1.82) is 0 Å². The minimum Gasteiger partial charge on any atom is -0.446 e. The van der Waals surface area contributed by atoms with Crippen molar-refractivity contribution < 1.29 is 18.8 Å². The summed E-state index contributed by atoms with van der Waals surface area (Å²) in [5.41, 5.74) is 6.91. The third-order valence-electron chi connectivity index (χ3n) is 6.90. The van der Waals surface area contributed by atoms with E-state index in [0.717, 1.165) is 19.3 Å². The lowest BCUT2D eigenvalue weighted by Crippen LogP contribution is -2.43. The zero-order valence-corrected chi connectivity index (χ0v) is 21.0. The van der Waals surface area contributed by atoms with E-state index in [1.54, 1.807) is 47.9 Å². The van der Waals surface area contributed by atoms with Gasteiger partial charge in [-0.15, -0.1) is 0 Å². The van der Waals surface area contributed by atoms with Crippen molar-refractivity contribution in [3.63, 3.8) is 0 Å². The summed E-state index contributed by atoms with van der Waals surface area (Å²) < 4.78 is 12.5. The number of ether oxygens (including phenoxy) is 1. The van der Waals surface area contributed by atoms with Crippen LogP contribution in [0.4, 0.5) is 0 Å². The molecule has 10 heteroatoms. The minimum absolute atomic E-state index is 0.187. The van der Waals surface area contributed by atoms with Gasteiger partial charge in [-0.25, -0.2) is 0 Å². The molecule has 3 unspecified atom stereocenters. The molecule has 0 aliphatic heterocycles. The number of halogens is 1. The molecular formula is C27H27ClN4O5. The molecule has 192 valence electrons. The predicted octanol–water partition coefficient (Wildman–Crippen LogP) is 3.95. The maximum atomic E-state index is 13.7. The second kappa shape index (κ2) is 10.4. The molecule has 0 spiro atoms. The number of amides is 1. The number of carbonyl (C=O) groups excluding carboxylic acids is 2. The third kappa shape index (κ3) is 4.72. The van der Waals surface area contributed by atoms with Crippen LogP contribution in [0.3, 0.4) is 0 Å². The van der Waals surface area contributed by atoms with Crippen molar-refractivity contribution in [2.45, 2.75) is 50.8 Å². The number of aromatic nitrogens is 2. The van der Waals surface area contributed by atoms with E-state index in [1.165, 1.54) is 0 Å². The van der Waals surface area contributed by atoms with E-state index < -0.39 is 18.0 Å². The van der Waals surface area contributed by atoms with Gasteiger partial charge in [0.15, 0.2) is 0 Å². The fourth-order valence-corrected chi connectivity index (χ4v) is 5.48. The molecule has 1 saturated carbocycles. The second-order valence-electron chi connectivity index (χ2n) is 9.28. The number of esters is 1. The highest BCUT2D eigenvalue weighted by Crippen LogP contribution is 2.35. The Balaban J connectivity index is 1.46. The molecule has 2 aromatic heterocycles. The van der Waals surface area contributed by atoms with Gasteiger partial charge in [0.1, 0.15) is 16.7 Å². The number of aryl methyl sites for hydroxylation is 1. The van der Waals surface area contributed by atoms with Crippen LogP contribution in [-0.4, -0.2) is 34.2 Å². The average molecular weight is 523 g/mol. The van der Waals surface area contributed by atoms with Crippen LogP contribution in [0.15, 0.2) is 57.8 Å². The summed E-state index contributed by atoms with van der Waals surface area (Å²) in [6.45, 7) is 1.38. The molecule has 0 bridgehead atoms. The first-order valence-corrected chi connectivity index (χ1v) is 12.6. The number of carbonyl (C=O) groups is 2. The molecule has 2 aromatic carbocycles. The van der Waals surface area contributed by atoms with Crippen molar-refractivity contribution in [2.24, 2.45) is 5.73 Å². The van der Waals surface area contributed by atoms with Crippen LogP contribution < -0.4 is 16.6 Å². The summed E-state index contributed by atoms with van der Waals surface area (Å²) in [4.78, 5) is 38.9. The summed E-state index contributed by atoms with van der Waals surface area (Å²) in [6.07, 6.45) is 1.69. The topological polar surface area (TPSA) is 129 Å². The van der Waals surface area contributed by atoms with Gasteiger partial charge in [0.05, 0.1) is 17.1 Å². The molecule has 1 aliphatic carbocycles. The van der Waals surface area contributed by atoms with Crippen molar-refractivity contribution in [2.75, 3.05) is 6.54 Å². The monoisotopic (exact) mass is 522 g/mol. The molecule has 0 radical (unpaired) electrons. The van der Waals surface area contributed by atoms with Gasteiger partial charge in [-0.05, 0) is 44.7 Å². The molecule has 2 heterocycles. The maximum Gasteiger partial charge on any atom is 0.320 e. The van der Waals surface area contributed by atoms with Crippen molar-refractivity contribution in [3.8, 4) is 0 Å². The van der Waals surface area contributed by atoms with Crippen LogP contribution in [0.5, 0.6) is 0 Å². The van der Waals surface area contributed by atoms with Crippen molar-refractivity contribution in [1.82, 2.24) is 15.0 Å². The van der Waals surface area contributed by atoms with E-state index >= 15 is 0 Å². The van der Waals surface area contributed by atoms with Crippen molar-refractivity contribution >= 4 is 45.3 Å². The highest BCUT2D eigenvalue weighted by Gasteiger charge is 2.31. The van der Waals surface area contributed by atoms with Crippen LogP contribution in [-0.2, 0) is 14.3 Å². The lowest BCUT2D eigenvalue weighted by Gasteiger charge is -2.32. The first-order valence-electron chi connectivity index (χ1n) is 12.2. The number of rotatable bonds is 6. The fraction of sp³-hybridized carbons (Fsp3) is 0.333. The Bertz CT molecular complexity index is 1530. The predicted molar refractivity (Wildman–Crippen MR) is 139 cm³/mol. The Morgan fingerprint density at radius 1 is 1.19 bits per heavy atom. The molecule has 3 N–H and O–H groups in total. The van der Waals surface area contributed by atoms with E-state index in [0.29, 0.717) is 44.6 Å². The number of nitrogens with one attached hydrogen (secondary N) is 1. The summed E-state index contributed by atoms with van der Waals surface area (Å²) in [6, 6.07) is 13.8. The summed E-state index contributed by atoms with van der Waals surface area (Å²) in [7, 11) is 0. The number of nitrogens with two attached hydrogens (primary N) is 1. The van der Waals surface area contributed by atoms with Gasteiger partial charge in [0, 0.05) is 23.0 Å². The van der Waals surface area contributed by atoms with Gasteiger partial charge in [-0.2, -0.15) is 0 Å². The van der Waals surface area contributed by atoms with Gasteiger partial charge in [0.2, 0.25) is 6.10 Å². The quantitative estimate of drug-likeness (QED) is 0.367. The summed E-state index contributed by atoms with van der Waals surface area (Å²) in [5, 5.41) is 8.70. The molecule has 3 atom stereocenters. The third-order valence-corrected chi connectivity index (χ3v) is 7.21. The van der Waals surface area contributed by atoms with E-state index in [2.05, 4.69) is 10.5 Å². The van der Waals surface area contributed by atoms with Gasteiger partial charge in [0.25, 0.3) is 11.5 Å². The smallest absolute Gasteiger partial charge is 0.320 e. The van der Waals surface area contributed by atoms with Gasteiger partial charge >= 0.3 is 5.97 Å². The van der Waals surface area contributed by atoms with Gasteiger partial charge in [-0.3, -0.25) is 14.4 Å². The molecule has 5 rings (SSSR count). The highest BCUT2D eigenvalue weighted by atomic mass is 35.5. The Morgan fingerprint density at radius 2 is 1.97 bits per heavy atom. The van der Waals surface area contributed by atoms with E-state index in [-0.39, 0.29) is 24.2 Å². The molecular weight excluding hydrogens is 496 g/mol. The number of pyridine rings is 1. The number of fused-ring (bicyclic) bond motifs is 3. The number of benzene rings is 2. The Kier molecular flexibility index (Phi) is 6.99. The number of nitrogens with zero attached hydrogens (tertiary/aromatic N) is 2. The number of hydrogen-bond acceptors (Lipinski definition) is 7. The highest BCUT2D eigenvalue weighted by molar-refractivity contribution is 6.37. The minimum atomic E-state index is -1.11. The normalized spacial score (nSPS) is 18.6. The molecule has 9 nitrogen and oxygen atoms in total. The van der Waals surface area contributed by atoms with E-state index in [9.17, 15) is 14.4 Å². The maximum absolute atomic E-state index is 13.7. The van der Waals surface area contributed by atoms with Crippen molar-refractivity contribution in [3.05, 3.63) is 75.2 Å². The van der Waals surface area contributed by atoms with Gasteiger partial charge < -0.3 is 24.9 Å². The van der Waals surface area contributed by atoms with Crippen LogP contribution in [0.25, 0.3) is 21.8 Å². The van der Waals surface area contributed by atoms with E-state index in [1.807, 2.05) is 12.1 Å². The second-order valence-corrected chi connectivity index (χ2v) is 9.69. The molecule has 1 amide bonds. The van der Waals surface area contributed by atoms with Gasteiger partial charge in [-0.1, -0.05) is 53.2 Å². The lowest BCUT2D eigenvalue weighted by atomic mass is 9.89. The Hall–Kier alpha value is -3.69. The molecule has 4 aromatic rings. The standard InChI is InChI=1S/C27H27ClN4O5/c1-15-22-24(31-37-15)23-19(28)11-6-12-20(23)32(27(22)35)18-10-5-9-17(13-18)30-26(34)25(36-21(33)14-29)16-7-3-2-4-8-16/h2-4,6-8,11-12,17-18,25H,5,9-10,13-14,29H2,1H3,(H,30,34). The first kappa shape index (κ1) is 25.0. The van der Waals surface area contributed by atoms with Crippen LogP contribution >= 0.6 is 11.6 Å². The zero-order chi connectivity index (χ0) is 26.1. The SMILES string of the molecule is Cc1onc2c1c(=O)n(C1CCCC(NC(=O)C(OC(=O)CN)c3ccccc3)C1)c1cccc(Cl)c21. The fourth-order valence-electron chi connectivity index (χ4n) is 5.22. The number of hydrogen-bond donors (Lipinski definition) is 2. The lowest BCUT2D eigenvalue weighted by molar-refractivity contribution is -0.155. The Labute approximate surface area is 217 Å². The average Bonchev–Trinajstić information content (AvgIpc) is 3.29. The molecule has 0 saturated heterocycles. The molecule has 1 fully saturated rings. The van der Waals surface area contributed by atoms with Crippen LogP contribution in [0.2, 0.25) is 5.02 Å². The largest absolute Gasteiger partial charge is 0.446 e. The summed E-state index contributed by atoms with van der Waals surface area (Å²) in [5.74, 6) is -0.661. The Morgan fingerprint density at radius 3 is 2.73 bits per heavy atom. The molecule has 1 aliphatic rings. The first-order chi connectivity index (χ1) is 17.9. The van der Waals surface area contributed by atoms with Crippen LogP contribution in [0.1, 0.15) is 49.2 Å². The van der Waals surface area contributed by atoms with Crippen LogP contribution in [0, 0.1) is 6.92 Å². The van der Waals surface area contributed by atoms with E-state index in [4.69, 9.17) is 26.6 Å². The zero-order valence-electron chi connectivity index (χ0n) is 20.3. The molecule has 37 heavy (non-hydrogen) atoms.